The summed E-state index contributed by atoms with van der Waals surface area (Å²) in [6, 6.07) is 3.80. The molecule has 0 aromatic carbocycles. The van der Waals surface area contributed by atoms with E-state index in [9.17, 15) is 4.79 Å². The third-order valence-corrected chi connectivity index (χ3v) is 2.91. The number of nitrogens with zero attached hydrogens (tertiary/aromatic N) is 1. The number of rotatable bonds is 4. The summed E-state index contributed by atoms with van der Waals surface area (Å²) in [4.78, 5) is 13.9. The number of likely N-dealkylation sites (tertiary alicyclic amines) is 1. The lowest BCUT2D eigenvalue weighted by Crippen LogP contribution is -2.38. The number of ketones is 1. The highest BCUT2D eigenvalue weighted by atomic mass is 16.3. The molecule has 0 saturated carbocycles. The van der Waals surface area contributed by atoms with Crippen molar-refractivity contribution in [1.82, 2.24) is 4.90 Å². The predicted molar refractivity (Wildman–Crippen MR) is 56.7 cm³/mol. The molecule has 1 aromatic heterocycles. The average molecular weight is 208 g/mol. The standard InChI is InChI=1S/C11H16N2O2/c12-7-9-3-1-5-13(9)8-10(14)11-4-2-6-15-11/h2,4,6,9H,1,3,5,7-8,12H2/t9-/m0/s1. The zero-order valence-electron chi connectivity index (χ0n) is 8.69. The molecule has 2 heterocycles. The zero-order valence-corrected chi connectivity index (χ0v) is 8.69. The molecule has 0 aliphatic carbocycles. The zero-order chi connectivity index (χ0) is 10.7. The van der Waals surface area contributed by atoms with Crippen molar-refractivity contribution in [2.24, 2.45) is 5.73 Å². The van der Waals surface area contributed by atoms with Gasteiger partial charge < -0.3 is 10.2 Å². The van der Waals surface area contributed by atoms with E-state index in [1.165, 1.54) is 6.26 Å². The highest BCUT2D eigenvalue weighted by Gasteiger charge is 2.25. The molecule has 82 valence electrons. The van der Waals surface area contributed by atoms with Crippen LogP contribution in [0.25, 0.3) is 0 Å². The molecular weight excluding hydrogens is 192 g/mol. The summed E-state index contributed by atoms with van der Waals surface area (Å²) in [5.74, 6) is 0.484. The molecule has 4 nitrogen and oxygen atoms in total. The number of carbonyl (C=O) groups is 1. The van der Waals surface area contributed by atoms with E-state index >= 15 is 0 Å². The summed E-state index contributed by atoms with van der Waals surface area (Å²) in [6.45, 7) is 2.02. The van der Waals surface area contributed by atoms with Gasteiger partial charge >= 0.3 is 0 Å². The highest BCUT2D eigenvalue weighted by Crippen LogP contribution is 2.16. The fourth-order valence-electron chi connectivity index (χ4n) is 2.07. The number of carbonyl (C=O) groups excluding carboxylic acids is 1. The van der Waals surface area contributed by atoms with E-state index in [4.69, 9.17) is 10.2 Å². The summed E-state index contributed by atoms with van der Waals surface area (Å²) in [6.07, 6.45) is 3.76. The second-order valence-corrected chi connectivity index (χ2v) is 3.90. The van der Waals surface area contributed by atoms with E-state index < -0.39 is 0 Å². The third-order valence-electron chi connectivity index (χ3n) is 2.91. The molecule has 1 atom stereocenters. The fraction of sp³-hybridized carbons (Fsp3) is 0.545. The topological polar surface area (TPSA) is 59.5 Å². The smallest absolute Gasteiger partial charge is 0.211 e. The highest BCUT2D eigenvalue weighted by molar-refractivity contribution is 5.95. The van der Waals surface area contributed by atoms with Crippen LogP contribution in [0.15, 0.2) is 22.8 Å². The van der Waals surface area contributed by atoms with Crippen molar-refractivity contribution in [2.45, 2.75) is 18.9 Å². The Morgan fingerprint density at radius 1 is 1.67 bits per heavy atom. The number of hydrogen-bond donors (Lipinski definition) is 1. The molecule has 1 fully saturated rings. The molecular formula is C11H16N2O2. The Kier molecular flexibility index (Phi) is 3.18. The van der Waals surface area contributed by atoms with Crippen LogP contribution >= 0.6 is 0 Å². The molecule has 2 N–H and O–H groups in total. The number of Topliss-reactive ketones (excluding diaryl/α,β-unsaturated/α-hetero) is 1. The van der Waals surface area contributed by atoms with Gasteiger partial charge in [-0.25, -0.2) is 0 Å². The van der Waals surface area contributed by atoms with Gasteiger partial charge in [0.25, 0.3) is 0 Å². The quantitative estimate of drug-likeness (QED) is 0.746. The Labute approximate surface area is 89.0 Å². The van der Waals surface area contributed by atoms with Gasteiger partial charge in [0.2, 0.25) is 5.78 Å². The lowest BCUT2D eigenvalue weighted by atomic mass is 10.2. The van der Waals surface area contributed by atoms with Crippen molar-refractivity contribution >= 4 is 5.78 Å². The van der Waals surface area contributed by atoms with E-state index in [-0.39, 0.29) is 5.78 Å². The van der Waals surface area contributed by atoms with Crippen molar-refractivity contribution in [1.29, 1.82) is 0 Å². The molecule has 2 rings (SSSR count). The van der Waals surface area contributed by atoms with Crippen molar-refractivity contribution in [3.8, 4) is 0 Å². The first kappa shape index (κ1) is 10.4. The minimum Gasteiger partial charge on any atom is -0.461 e. The first-order valence-corrected chi connectivity index (χ1v) is 5.32. The lowest BCUT2D eigenvalue weighted by Gasteiger charge is -2.21. The molecule has 1 aromatic rings. The second kappa shape index (κ2) is 4.59. The molecule has 0 spiro atoms. The molecule has 0 amide bonds. The maximum Gasteiger partial charge on any atom is 0.211 e. The Balaban J connectivity index is 1.94. The first-order valence-electron chi connectivity index (χ1n) is 5.32. The molecule has 4 heteroatoms. The number of hydrogen-bond acceptors (Lipinski definition) is 4. The summed E-state index contributed by atoms with van der Waals surface area (Å²) in [5, 5.41) is 0. The summed E-state index contributed by atoms with van der Waals surface area (Å²) in [5.41, 5.74) is 5.64. The van der Waals surface area contributed by atoms with Crippen molar-refractivity contribution in [3.05, 3.63) is 24.2 Å². The van der Waals surface area contributed by atoms with Crippen LogP contribution in [0.2, 0.25) is 0 Å². The Bertz CT molecular complexity index is 321. The van der Waals surface area contributed by atoms with Crippen LogP contribution in [0.3, 0.4) is 0 Å². The molecule has 1 saturated heterocycles. The second-order valence-electron chi connectivity index (χ2n) is 3.90. The maximum atomic E-state index is 11.7. The predicted octanol–water partition coefficient (Wildman–Crippen LogP) is 0.885. The normalized spacial score (nSPS) is 22.1. The van der Waals surface area contributed by atoms with Crippen molar-refractivity contribution in [2.75, 3.05) is 19.6 Å². The van der Waals surface area contributed by atoms with Gasteiger partial charge in [0.15, 0.2) is 5.76 Å². The van der Waals surface area contributed by atoms with Gasteiger partial charge in [-0.3, -0.25) is 9.69 Å². The minimum atomic E-state index is 0.0420. The van der Waals surface area contributed by atoms with Crippen molar-refractivity contribution < 1.29 is 9.21 Å². The van der Waals surface area contributed by atoms with Crippen molar-refractivity contribution in [3.63, 3.8) is 0 Å². The number of nitrogens with two attached hydrogens (primary N) is 1. The fourth-order valence-corrected chi connectivity index (χ4v) is 2.07. The van der Waals surface area contributed by atoms with E-state index in [2.05, 4.69) is 4.90 Å². The summed E-state index contributed by atoms with van der Waals surface area (Å²) < 4.78 is 5.07. The van der Waals surface area contributed by atoms with E-state index in [1.807, 2.05) is 0 Å². The summed E-state index contributed by atoms with van der Waals surface area (Å²) >= 11 is 0. The molecule has 0 radical (unpaired) electrons. The SMILES string of the molecule is NC[C@@H]1CCCN1CC(=O)c1ccco1. The Morgan fingerprint density at radius 2 is 2.53 bits per heavy atom. The van der Waals surface area contributed by atoms with Gasteiger partial charge in [-0.1, -0.05) is 0 Å². The van der Waals surface area contributed by atoms with Gasteiger partial charge in [0.05, 0.1) is 12.8 Å². The van der Waals surface area contributed by atoms with E-state index in [0.29, 0.717) is 24.9 Å². The largest absolute Gasteiger partial charge is 0.461 e. The van der Waals surface area contributed by atoms with Crippen LogP contribution in [0.4, 0.5) is 0 Å². The van der Waals surface area contributed by atoms with E-state index in [0.717, 1.165) is 19.4 Å². The third kappa shape index (κ3) is 2.27. The maximum absolute atomic E-state index is 11.7. The van der Waals surface area contributed by atoms with Gasteiger partial charge in [0, 0.05) is 12.6 Å². The van der Waals surface area contributed by atoms with Gasteiger partial charge in [-0.2, -0.15) is 0 Å². The summed E-state index contributed by atoms with van der Waals surface area (Å²) in [7, 11) is 0. The van der Waals surface area contributed by atoms with Crippen LogP contribution in [0, 0.1) is 0 Å². The molecule has 0 bridgehead atoms. The lowest BCUT2D eigenvalue weighted by molar-refractivity contribution is 0.0896. The monoisotopic (exact) mass is 208 g/mol. The van der Waals surface area contributed by atoms with Crippen LogP contribution in [0.5, 0.6) is 0 Å². The Hall–Kier alpha value is -1.13. The van der Waals surface area contributed by atoms with Crippen LogP contribution < -0.4 is 5.73 Å². The van der Waals surface area contributed by atoms with Crippen LogP contribution in [0.1, 0.15) is 23.4 Å². The van der Waals surface area contributed by atoms with Gasteiger partial charge in [-0.05, 0) is 31.5 Å². The van der Waals surface area contributed by atoms with Gasteiger partial charge in [-0.15, -0.1) is 0 Å². The van der Waals surface area contributed by atoms with Crippen LogP contribution in [-0.2, 0) is 0 Å². The molecule has 0 unspecified atom stereocenters. The molecule has 15 heavy (non-hydrogen) atoms. The number of furan rings is 1. The van der Waals surface area contributed by atoms with E-state index in [1.54, 1.807) is 12.1 Å². The molecule has 1 aliphatic heterocycles. The Morgan fingerprint density at radius 3 is 3.20 bits per heavy atom. The van der Waals surface area contributed by atoms with Gasteiger partial charge in [0.1, 0.15) is 0 Å². The minimum absolute atomic E-state index is 0.0420. The molecule has 1 aliphatic rings. The average Bonchev–Trinajstić information content (AvgIpc) is 2.87. The first-order chi connectivity index (χ1) is 7.31. The van der Waals surface area contributed by atoms with Crippen LogP contribution in [-0.4, -0.2) is 36.4 Å².